The number of nitrogens with two attached hydrogens (primary N) is 1. The van der Waals surface area contributed by atoms with E-state index in [4.69, 9.17) is 10.5 Å². The molecule has 5 fully saturated rings. The zero-order valence-electron chi connectivity index (χ0n) is 32.1. The predicted octanol–water partition coefficient (Wildman–Crippen LogP) is 5.02. The number of ketones is 2. The fraction of sp³-hybridized carbons (Fsp3) is 0.907. The molecule has 3 saturated carbocycles. The molecule has 6 aliphatic rings. The largest absolute Gasteiger partial charge is 0.393 e. The number of aliphatic hydroxyl groups excluding tert-OH is 3. The van der Waals surface area contributed by atoms with E-state index in [1.165, 1.54) is 38.5 Å². The van der Waals surface area contributed by atoms with Crippen molar-refractivity contribution in [1.29, 1.82) is 0 Å². The molecule has 52 heavy (non-hydrogen) atoms. The molecule has 0 spiro atoms. The first-order chi connectivity index (χ1) is 25.1. The first kappa shape index (κ1) is 40.3. The summed E-state index contributed by atoms with van der Waals surface area (Å²) in [6.45, 7) is 1.91. The van der Waals surface area contributed by atoms with Gasteiger partial charge in [-0.15, -0.1) is 0 Å². The first-order valence-corrected chi connectivity index (χ1v) is 21.5. The molecular formula is C43H71N3O6. The van der Waals surface area contributed by atoms with Crippen LogP contribution in [0.4, 0.5) is 0 Å². The van der Waals surface area contributed by atoms with Gasteiger partial charge < -0.3 is 36.4 Å². The molecule has 13 atom stereocenters. The smallest absolute Gasteiger partial charge is 0.150 e. The Labute approximate surface area is 313 Å². The summed E-state index contributed by atoms with van der Waals surface area (Å²) < 4.78 is 5.68. The number of Topliss-reactive ketones (excluding diaryl/α,β-unsaturated/α-hetero) is 2. The molecule has 7 N–H and O–H groups in total. The lowest BCUT2D eigenvalue weighted by atomic mass is 9.60. The van der Waals surface area contributed by atoms with E-state index >= 15 is 0 Å². The second-order valence-electron chi connectivity index (χ2n) is 18.3. The lowest BCUT2D eigenvalue weighted by molar-refractivity contribution is -0.125. The molecule has 0 aromatic rings. The normalized spacial score (nSPS) is 39.4. The van der Waals surface area contributed by atoms with Crippen LogP contribution in [0.5, 0.6) is 0 Å². The number of aliphatic hydroxyl groups is 3. The summed E-state index contributed by atoms with van der Waals surface area (Å²) in [7, 11) is 1.66. The van der Waals surface area contributed by atoms with Crippen LogP contribution in [-0.2, 0) is 14.3 Å². The zero-order chi connectivity index (χ0) is 36.7. The van der Waals surface area contributed by atoms with E-state index in [0.29, 0.717) is 74.5 Å². The number of carbonyl (C=O) groups excluding carboxylic acids is 2. The van der Waals surface area contributed by atoms with Crippen LogP contribution in [0.25, 0.3) is 0 Å². The van der Waals surface area contributed by atoms with Crippen molar-refractivity contribution in [3.63, 3.8) is 0 Å². The van der Waals surface area contributed by atoms with E-state index in [1.807, 2.05) is 0 Å². The highest BCUT2D eigenvalue weighted by molar-refractivity contribution is 5.84. The molecule has 6 rings (SSSR count). The van der Waals surface area contributed by atoms with Gasteiger partial charge in [-0.1, -0.05) is 43.9 Å². The van der Waals surface area contributed by atoms with Crippen molar-refractivity contribution >= 4 is 11.6 Å². The van der Waals surface area contributed by atoms with Gasteiger partial charge in [-0.2, -0.15) is 0 Å². The lowest BCUT2D eigenvalue weighted by Gasteiger charge is -2.48. The van der Waals surface area contributed by atoms with Crippen LogP contribution in [0, 0.1) is 58.7 Å². The highest BCUT2D eigenvalue weighted by atomic mass is 16.5. The Balaban J connectivity index is 1.08. The van der Waals surface area contributed by atoms with Crippen molar-refractivity contribution < 1.29 is 29.6 Å². The highest BCUT2D eigenvalue weighted by Gasteiger charge is 2.44. The Hall–Kier alpha value is -1.38. The van der Waals surface area contributed by atoms with E-state index in [1.54, 1.807) is 7.11 Å². The third-order valence-electron chi connectivity index (χ3n) is 14.9. The van der Waals surface area contributed by atoms with Gasteiger partial charge in [-0.25, -0.2) is 0 Å². The van der Waals surface area contributed by atoms with Crippen molar-refractivity contribution in [3.8, 4) is 11.8 Å². The van der Waals surface area contributed by atoms with Crippen molar-refractivity contribution in [3.05, 3.63) is 0 Å². The van der Waals surface area contributed by atoms with Crippen LogP contribution in [0.1, 0.15) is 141 Å². The van der Waals surface area contributed by atoms with Gasteiger partial charge in [0, 0.05) is 38.3 Å². The molecule has 2 aliphatic heterocycles. The molecule has 9 nitrogen and oxygen atoms in total. The molecule has 6 unspecified atom stereocenters. The van der Waals surface area contributed by atoms with E-state index in [2.05, 4.69) is 22.5 Å². The third-order valence-corrected chi connectivity index (χ3v) is 14.9. The Morgan fingerprint density at radius 1 is 0.923 bits per heavy atom. The van der Waals surface area contributed by atoms with Gasteiger partial charge >= 0.3 is 0 Å². The molecule has 2 heterocycles. The SMILES string of the molecule is COC1CC2CCC(=O)[C@@H]([C@H](O)CCCC[C@H]3CN[C@@H]4CC(=O)CC[C@H]4C3)C#C[C@@H](CC[C@H](O)CC3(C4CCNC(N)C4)CCCCC3)C2CC1O. The number of piperidine rings is 2. The Bertz CT molecular complexity index is 1230. The van der Waals surface area contributed by atoms with Gasteiger partial charge in [0.1, 0.15) is 17.5 Å². The van der Waals surface area contributed by atoms with E-state index in [-0.39, 0.29) is 41.2 Å². The number of rotatable bonds is 13. The van der Waals surface area contributed by atoms with Crippen LogP contribution in [0.15, 0.2) is 0 Å². The maximum atomic E-state index is 13.7. The average Bonchev–Trinajstić information content (AvgIpc) is 3.20. The molecule has 0 amide bonds. The third kappa shape index (κ3) is 10.3. The number of ether oxygens (including phenoxy) is 1. The van der Waals surface area contributed by atoms with E-state index < -0.39 is 24.2 Å². The summed E-state index contributed by atoms with van der Waals surface area (Å²) >= 11 is 0. The lowest BCUT2D eigenvalue weighted by Crippen LogP contribution is -2.49. The highest BCUT2D eigenvalue weighted by Crippen LogP contribution is 2.50. The minimum atomic E-state index is -0.788. The van der Waals surface area contributed by atoms with Gasteiger partial charge in [0.15, 0.2) is 0 Å². The van der Waals surface area contributed by atoms with Crippen LogP contribution in [0.2, 0.25) is 0 Å². The summed E-state index contributed by atoms with van der Waals surface area (Å²) in [5, 5.41) is 41.2. The first-order valence-electron chi connectivity index (χ1n) is 21.5. The van der Waals surface area contributed by atoms with E-state index in [9.17, 15) is 24.9 Å². The van der Waals surface area contributed by atoms with Crippen LogP contribution < -0.4 is 16.4 Å². The summed E-state index contributed by atoms with van der Waals surface area (Å²) in [5.74, 6) is 8.62. The van der Waals surface area contributed by atoms with Crippen molar-refractivity contribution in [2.75, 3.05) is 20.2 Å². The summed E-state index contributed by atoms with van der Waals surface area (Å²) in [6.07, 6.45) is 17.9. The topological polar surface area (TPSA) is 154 Å². The quantitative estimate of drug-likeness (QED) is 0.114. The van der Waals surface area contributed by atoms with Gasteiger partial charge in [-0.3, -0.25) is 9.59 Å². The van der Waals surface area contributed by atoms with E-state index in [0.717, 1.165) is 70.9 Å². The fourth-order valence-electron chi connectivity index (χ4n) is 11.9. The van der Waals surface area contributed by atoms with Gasteiger partial charge in [0.05, 0.1) is 30.6 Å². The summed E-state index contributed by atoms with van der Waals surface area (Å²) in [5.41, 5.74) is 6.51. The number of unbranched alkanes of at least 4 members (excludes halogenated alkanes) is 1. The Morgan fingerprint density at radius 2 is 1.73 bits per heavy atom. The number of hydrogen-bond acceptors (Lipinski definition) is 9. The number of hydrogen-bond donors (Lipinski definition) is 6. The summed E-state index contributed by atoms with van der Waals surface area (Å²) in [4.78, 5) is 25.5. The van der Waals surface area contributed by atoms with Crippen molar-refractivity contribution in [2.24, 2.45) is 52.6 Å². The maximum Gasteiger partial charge on any atom is 0.150 e. The number of methoxy groups -OCH3 is 1. The molecule has 0 bridgehead atoms. The van der Waals surface area contributed by atoms with Crippen LogP contribution >= 0.6 is 0 Å². The van der Waals surface area contributed by atoms with Crippen LogP contribution in [0.3, 0.4) is 0 Å². The molecule has 0 radical (unpaired) electrons. The number of fused-ring (bicyclic) bond motifs is 2. The number of nitrogens with one attached hydrogen (secondary N) is 2. The molecule has 9 heteroatoms. The van der Waals surface area contributed by atoms with Crippen molar-refractivity contribution in [2.45, 2.75) is 178 Å². The minimum Gasteiger partial charge on any atom is -0.393 e. The average molecular weight is 726 g/mol. The maximum absolute atomic E-state index is 13.7. The molecular weight excluding hydrogens is 654 g/mol. The molecule has 0 aromatic carbocycles. The second kappa shape index (κ2) is 19.0. The molecule has 4 aliphatic carbocycles. The van der Waals surface area contributed by atoms with Gasteiger partial charge in [0.25, 0.3) is 0 Å². The number of carbonyl (C=O) groups is 2. The summed E-state index contributed by atoms with van der Waals surface area (Å²) in [6, 6.07) is 0.360. The molecule has 2 saturated heterocycles. The Morgan fingerprint density at radius 3 is 2.52 bits per heavy atom. The van der Waals surface area contributed by atoms with Gasteiger partial charge in [-0.05, 0) is 138 Å². The monoisotopic (exact) mass is 726 g/mol. The minimum absolute atomic E-state index is 0.0352. The molecule has 0 aromatic heterocycles. The van der Waals surface area contributed by atoms with Crippen molar-refractivity contribution in [1.82, 2.24) is 10.6 Å². The zero-order valence-corrected chi connectivity index (χ0v) is 32.1. The molecule has 294 valence electrons. The Kier molecular flexibility index (Phi) is 14.7. The van der Waals surface area contributed by atoms with Gasteiger partial charge in [0.2, 0.25) is 0 Å². The standard InChI is InChI=1S/C43H71N3O6/c1-52-41-22-30-12-16-39(50)35(38(49)8-4-3-7-28-21-31-10-13-33(47)24-37(31)46-27-28)15-11-29(36(30)25-40(41)51)9-14-34(48)26-43(18-5-2-6-19-43)32-17-20-45-42(44)23-32/h28-32,34-38,40-42,45-46,48-49,51H,2-10,12-14,16-27,44H2,1H3/t28-,29-,30?,31+,32?,34+,35-,36?,37-,38-,40?,41?,42?/m1/s1. The fourth-order valence-corrected chi connectivity index (χ4v) is 11.9. The predicted molar refractivity (Wildman–Crippen MR) is 203 cm³/mol. The van der Waals surface area contributed by atoms with Crippen LogP contribution in [-0.4, -0.2) is 83.7 Å². The second-order valence-corrected chi connectivity index (χ2v) is 18.3.